The Morgan fingerprint density at radius 1 is 1.41 bits per heavy atom. The second-order valence-corrected chi connectivity index (χ2v) is 5.90. The fourth-order valence-corrected chi connectivity index (χ4v) is 2.62. The summed E-state index contributed by atoms with van der Waals surface area (Å²) in [7, 11) is 1.61. The van der Waals surface area contributed by atoms with E-state index in [9.17, 15) is 9.59 Å². The molecule has 1 saturated heterocycles. The van der Waals surface area contributed by atoms with Gasteiger partial charge in [0.2, 0.25) is 5.91 Å². The van der Waals surface area contributed by atoms with Gasteiger partial charge in [-0.3, -0.25) is 9.59 Å². The van der Waals surface area contributed by atoms with Gasteiger partial charge in [0.15, 0.2) is 0 Å². The first-order valence-corrected chi connectivity index (χ1v) is 7.75. The van der Waals surface area contributed by atoms with Gasteiger partial charge < -0.3 is 15.5 Å². The Morgan fingerprint density at radius 2 is 2.18 bits per heavy atom. The molecule has 0 saturated carbocycles. The smallest absolute Gasteiger partial charge is 0.254 e. The summed E-state index contributed by atoms with van der Waals surface area (Å²) in [6.45, 7) is 5.30. The summed E-state index contributed by atoms with van der Waals surface area (Å²) in [6, 6.07) is 3.64. The van der Waals surface area contributed by atoms with Crippen LogP contribution in [0.25, 0.3) is 0 Å². The third kappa shape index (κ3) is 3.75. The van der Waals surface area contributed by atoms with E-state index < -0.39 is 0 Å². The standard InChI is InChI=1S/C16H24N4O2/c1-11(2)15(21)19-12-6-5-9-20(10-12)14-13(16(22)17-3)7-4-8-18-14/h4,7-8,11-12H,5-6,9-10H2,1-3H3,(H,17,22)(H,19,21). The van der Waals surface area contributed by atoms with Crippen molar-refractivity contribution in [3.05, 3.63) is 23.9 Å². The van der Waals surface area contributed by atoms with Gasteiger partial charge in [-0.05, 0) is 25.0 Å². The maximum absolute atomic E-state index is 12.0. The Balaban J connectivity index is 2.13. The zero-order valence-electron chi connectivity index (χ0n) is 13.4. The molecule has 0 aromatic carbocycles. The van der Waals surface area contributed by atoms with Gasteiger partial charge in [0.05, 0.1) is 5.56 Å². The van der Waals surface area contributed by atoms with E-state index in [1.54, 1.807) is 25.4 Å². The zero-order chi connectivity index (χ0) is 16.1. The highest BCUT2D eigenvalue weighted by atomic mass is 16.2. The van der Waals surface area contributed by atoms with Crippen molar-refractivity contribution in [1.82, 2.24) is 15.6 Å². The van der Waals surface area contributed by atoms with Crippen molar-refractivity contribution in [3.63, 3.8) is 0 Å². The van der Waals surface area contributed by atoms with Crippen LogP contribution in [0.3, 0.4) is 0 Å². The monoisotopic (exact) mass is 304 g/mol. The van der Waals surface area contributed by atoms with Gasteiger partial charge >= 0.3 is 0 Å². The number of aromatic nitrogens is 1. The van der Waals surface area contributed by atoms with E-state index in [4.69, 9.17) is 0 Å². The molecular formula is C16H24N4O2. The van der Waals surface area contributed by atoms with E-state index in [1.807, 2.05) is 13.8 Å². The van der Waals surface area contributed by atoms with Crippen LogP contribution >= 0.6 is 0 Å². The van der Waals surface area contributed by atoms with Crippen LogP contribution < -0.4 is 15.5 Å². The van der Waals surface area contributed by atoms with Gasteiger partial charge in [-0.25, -0.2) is 4.98 Å². The number of carbonyl (C=O) groups excluding carboxylic acids is 2. The van der Waals surface area contributed by atoms with Gasteiger partial charge in [-0.2, -0.15) is 0 Å². The molecule has 0 radical (unpaired) electrons. The number of carbonyl (C=O) groups is 2. The lowest BCUT2D eigenvalue weighted by Crippen LogP contribution is -2.49. The second kappa shape index (κ2) is 7.24. The van der Waals surface area contributed by atoms with E-state index >= 15 is 0 Å². The average molecular weight is 304 g/mol. The molecule has 2 N–H and O–H groups in total. The van der Waals surface area contributed by atoms with E-state index in [0.717, 1.165) is 19.4 Å². The fourth-order valence-electron chi connectivity index (χ4n) is 2.62. The number of piperidine rings is 1. The average Bonchev–Trinajstić information content (AvgIpc) is 2.54. The van der Waals surface area contributed by atoms with E-state index in [1.165, 1.54) is 0 Å². The van der Waals surface area contributed by atoms with Gasteiger partial charge in [0.1, 0.15) is 5.82 Å². The molecule has 1 aromatic heterocycles. The van der Waals surface area contributed by atoms with Crippen LogP contribution in [0.5, 0.6) is 0 Å². The van der Waals surface area contributed by atoms with Crippen LogP contribution in [0.2, 0.25) is 0 Å². The molecule has 0 spiro atoms. The molecule has 1 aromatic rings. The Kier molecular flexibility index (Phi) is 5.35. The molecule has 120 valence electrons. The van der Waals surface area contributed by atoms with Crippen molar-refractivity contribution < 1.29 is 9.59 Å². The topological polar surface area (TPSA) is 74.3 Å². The maximum Gasteiger partial charge on any atom is 0.254 e. The first-order valence-electron chi connectivity index (χ1n) is 7.75. The molecule has 6 heteroatoms. The van der Waals surface area contributed by atoms with Crippen molar-refractivity contribution in [1.29, 1.82) is 0 Å². The molecule has 22 heavy (non-hydrogen) atoms. The van der Waals surface area contributed by atoms with Crippen LogP contribution in [0.4, 0.5) is 5.82 Å². The highest BCUT2D eigenvalue weighted by Gasteiger charge is 2.25. The molecule has 1 atom stereocenters. The Labute approximate surface area is 131 Å². The summed E-state index contributed by atoms with van der Waals surface area (Å²) in [5.74, 6) is 0.591. The van der Waals surface area contributed by atoms with E-state index in [-0.39, 0.29) is 23.8 Å². The lowest BCUT2D eigenvalue weighted by Gasteiger charge is -2.35. The molecule has 0 bridgehead atoms. The number of nitrogens with zero attached hydrogens (tertiary/aromatic N) is 2. The van der Waals surface area contributed by atoms with Gasteiger partial charge in [0, 0.05) is 38.3 Å². The third-order valence-electron chi connectivity index (χ3n) is 3.85. The Morgan fingerprint density at radius 3 is 2.86 bits per heavy atom. The van der Waals surface area contributed by atoms with Crippen molar-refractivity contribution in [3.8, 4) is 0 Å². The minimum Gasteiger partial charge on any atom is -0.355 e. The van der Waals surface area contributed by atoms with Crippen LogP contribution in [-0.2, 0) is 4.79 Å². The normalized spacial score (nSPS) is 18.2. The number of nitrogens with one attached hydrogen (secondary N) is 2. The van der Waals surface area contributed by atoms with Crippen LogP contribution in [0.15, 0.2) is 18.3 Å². The molecule has 2 amide bonds. The molecule has 1 aliphatic rings. The van der Waals surface area contributed by atoms with Gasteiger partial charge in [0.25, 0.3) is 5.91 Å². The lowest BCUT2D eigenvalue weighted by molar-refractivity contribution is -0.124. The second-order valence-electron chi connectivity index (χ2n) is 5.90. The Bertz CT molecular complexity index is 545. The summed E-state index contributed by atoms with van der Waals surface area (Å²) in [5.41, 5.74) is 0.570. The van der Waals surface area contributed by atoms with E-state index in [0.29, 0.717) is 17.9 Å². The maximum atomic E-state index is 12.0. The number of anilines is 1. The number of amides is 2. The zero-order valence-corrected chi connectivity index (χ0v) is 13.4. The molecule has 1 aliphatic heterocycles. The number of rotatable bonds is 4. The predicted octanol–water partition coefficient (Wildman–Crippen LogP) is 1.18. The number of pyridine rings is 1. The van der Waals surface area contributed by atoms with Gasteiger partial charge in [-0.15, -0.1) is 0 Å². The molecule has 1 fully saturated rings. The highest BCUT2D eigenvalue weighted by molar-refractivity contribution is 5.98. The summed E-state index contributed by atoms with van der Waals surface area (Å²) >= 11 is 0. The summed E-state index contributed by atoms with van der Waals surface area (Å²) in [6.07, 6.45) is 3.61. The fraction of sp³-hybridized carbons (Fsp3) is 0.562. The summed E-state index contributed by atoms with van der Waals surface area (Å²) in [5, 5.41) is 5.72. The molecule has 2 heterocycles. The first-order chi connectivity index (χ1) is 10.5. The number of hydrogen-bond acceptors (Lipinski definition) is 4. The SMILES string of the molecule is CNC(=O)c1cccnc1N1CCCC(NC(=O)C(C)C)C1. The van der Waals surface area contributed by atoms with Gasteiger partial charge in [-0.1, -0.05) is 13.8 Å². The third-order valence-corrected chi connectivity index (χ3v) is 3.85. The van der Waals surface area contributed by atoms with Crippen molar-refractivity contribution >= 4 is 17.6 Å². The largest absolute Gasteiger partial charge is 0.355 e. The molecule has 1 unspecified atom stereocenters. The van der Waals surface area contributed by atoms with Crippen molar-refractivity contribution in [2.75, 3.05) is 25.0 Å². The lowest BCUT2D eigenvalue weighted by atomic mass is 10.0. The van der Waals surface area contributed by atoms with Crippen LogP contribution in [-0.4, -0.2) is 43.0 Å². The van der Waals surface area contributed by atoms with E-state index in [2.05, 4.69) is 20.5 Å². The van der Waals surface area contributed by atoms with Crippen LogP contribution in [0.1, 0.15) is 37.0 Å². The molecule has 0 aliphatic carbocycles. The summed E-state index contributed by atoms with van der Waals surface area (Å²) < 4.78 is 0. The van der Waals surface area contributed by atoms with Crippen LogP contribution in [0, 0.1) is 5.92 Å². The first kappa shape index (κ1) is 16.3. The minimum absolute atomic E-state index is 0.0216. The van der Waals surface area contributed by atoms with Crippen molar-refractivity contribution in [2.24, 2.45) is 5.92 Å². The minimum atomic E-state index is -0.142. The predicted molar refractivity (Wildman–Crippen MR) is 85.8 cm³/mol. The molecule has 2 rings (SSSR count). The molecular weight excluding hydrogens is 280 g/mol. The number of hydrogen-bond donors (Lipinski definition) is 2. The van der Waals surface area contributed by atoms with Crippen molar-refractivity contribution in [2.45, 2.75) is 32.7 Å². The highest BCUT2D eigenvalue weighted by Crippen LogP contribution is 2.22. The Hall–Kier alpha value is -2.11. The quantitative estimate of drug-likeness (QED) is 0.876. The molecule has 6 nitrogen and oxygen atoms in total. The summed E-state index contributed by atoms with van der Waals surface area (Å²) in [4.78, 5) is 30.3.